The van der Waals surface area contributed by atoms with Crippen molar-refractivity contribution in [2.75, 3.05) is 20.2 Å². The van der Waals surface area contributed by atoms with Gasteiger partial charge in [0.15, 0.2) is 0 Å². The van der Waals surface area contributed by atoms with Crippen LogP contribution in [0.15, 0.2) is 24.3 Å². The Morgan fingerprint density at radius 2 is 1.92 bits per heavy atom. The molecule has 2 fully saturated rings. The SMILES string of the molecule is COc1ccccc1COC1CCN(C(=O)C2(C(=O)O)CCC2)CC1. The van der Waals surface area contributed by atoms with E-state index in [9.17, 15) is 14.7 Å². The summed E-state index contributed by atoms with van der Waals surface area (Å²) in [4.78, 5) is 25.8. The molecule has 1 aliphatic carbocycles. The number of para-hydroxylation sites is 1. The molecule has 1 heterocycles. The van der Waals surface area contributed by atoms with Crippen LogP contribution in [0.1, 0.15) is 37.7 Å². The molecule has 6 nitrogen and oxygen atoms in total. The van der Waals surface area contributed by atoms with Crippen molar-refractivity contribution >= 4 is 11.9 Å². The number of hydrogen-bond donors (Lipinski definition) is 1. The number of aliphatic carboxylic acids is 1. The minimum absolute atomic E-state index is 0.0798. The number of carboxylic acids is 1. The number of benzene rings is 1. The van der Waals surface area contributed by atoms with E-state index < -0.39 is 11.4 Å². The second-order valence-corrected chi connectivity index (χ2v) is 6.86. The zero-order chi connectivity index (χ0) is 17.9. The monoisotopic (exact) mass is 347 g/mol. The second-order valence-electron chi connectivity index (χ2n) is 6.86. The van der Waals surface area contributed by atoms with E-state index in [1.165, 1.54) is 0 Å². The standard InChI is InChI=1S/C19H25NO5/c1-24-16-6-3-2-5-14(16)13-25-15-7-11-20(12-8-15)17(21)19(18(22)23)9-4-10-19/h2-3,5-6,15H,4,7-13H2,1H3,(H,22,23). The number of rotatable bonds is 6. The maximum absolute atomic E-state index is 12.6. The molecule has 1 aromatic carbocycles. The van der Waals surface area contributed by atoms with E-state index >= 15 is 0 Å². The van der Waals surface area contributed by atoms with E-state index in [1.807, 2.05) is 24.3 Å². The van der Waals surface area contributed by atoms with Crippen LogP contribution in [-0.2, 0) is 20.9 Å². The summed E-state index contributed by atoms with van der Waals surface area (Å²) in [6.45, 7) is 1.59. The number of piperidine rings is 1. The van der Waals surface area contributed by atoms with E-state index in [-0.39, 0.29) is 12.0 Å². The van der Waals surface area contributed by atoms with Crippen LogP contribution in [0.5, 0.6) is 5.75 Å². The highest BCUT2D eigenvalue weighted by molar-refractivity contribution is 6.02. The van der Waals surface area contributed by atoms with Gasteiger partial charge in [0.25, 0.3) is 0 Å². The number of hydrogen-bond acceptors (Lipinski definition) is 4. The summed E-state index contributed by atoms with van der Waals surface area (Å²) in [5, 5.41) is 9.41. The van der Waals surface area contributed by atoms with Crippen LogP contribution in [0, 0.1) is 5.41 Å². The van der Waals surface area contributed by atoms with Crippen LogP contribution in [0.2, 0.25) is 0 Å². The van der Waals surface area contributed by atoms with Gasteiger partial charge in [-0.05, 0) is 31.7 Å². The van der Waals surface area contributed by atoms with Gasteiger partial charge in [0.2, 0.25) is 5.91 Å². The predicted octanol–water partition coefficient (Wildman–Crippen LogP) is 2.46. The molecule has 2 aliphatic rings. The van der Waals surface area contributed by atoms with Crippen LogP contribution in [0.25, 0.3) is 0 Å². The maximum Gasteiger partial charge on any atom is 0.319 e. The lowest BCUT2D eigenvalue weighted by atomic mass is 9.67. The average Bonchev–Trinajstić information content (AvgIpc) is 2.59. The molecule has 1 N–H and O–H groups in total. The van der Waals surface area contributed by atoms with Gasteiger partial charge in [0.05, 0.1) is 19.8 Å². The number of ether oxygens (including phenoxy) is 2. The second kappa shape index (κ2) is 7.44. The largest absolute Gasteiger partial charge is 0.496 e. The molecule has 0 atom stereocenters. The smallest absolute Gasteiger partial charge is 0.319 e. The molecule has 0 radical (unpaired) electrons. The molecule has 1 saturated heterocycles. The van der Waals surface area contributed by atoms with Crippen molar-refractivity contribution in [2.45, 2.75) is 44.8 Å². The third-order valence-electron chi connectivity index (χ3n) is 5.42. The first kappa shape index (κ1) is 17.7. The van der Waals surface area contributed by atoms with Crippen molar-refractivity contribution < 1.29 is 24.2 Å². The van der Waals surface area contributed by atoms with Gasteiger partial charge in [-0.15, -0.1) is 0 Å². The minimum Gasteiger partial charge on any atom is -0.496 e. The highest BCUT2D eigenvalue weighted by atomic mass is 16.5. The van der Waals surface area contributed by atoms with Gasteiger partial charge in [-0.2, -0.15) is 0 Å². The Balaban J connectivity index is 1.50. The van der Waals surface area contributed by atoms with Crippen LogP contribution in [-0.4, -0.2) is 48.2 Å². The zero-order valence-electron chi connectivity index (χ0n) is 14.6. The number of nitrogens with zero attached hydrogens (tertiary/aromatic N) is 1. The Morgan fingerprint density at radius 3 is 2.48 bits per heavy atom. The Kier molecular flexibility index (Phi) is 5.27. The molecule has 1 aliphatic heterocycles. The summed E-state index contributed by atoms with van der Waals surface area (Å²) in [6, 6.07) is 7.76. The van der Waals surface area contributed by atoms with E-state index in [4.69, 9.17) is 9.47 Å². The summed E-state index contributed by atoms with van der Waals surface area (Å²) in [5.74, 6) is -0.378. The van der Waals surface area contributed by atoms with Gasteiger partial charge < -0.3 is 19.5 Å². The number of carboxylic acid groups (broad SMARTS) is 1. The quantitative estimate of drug-likeness (QED) is 0.800. The van der Waals surface area contributed by atoms with E-state index in [1.54, 1.807) is 12.0 Å². The highest BCUT2D eigenvalue weighted by Crippen LogP contribution is 2.43. The van der Waals surface area contributed by atoms with E-state index in [0.717, 1.165) is 30.6 Å². The lowest BCUT2D eigenvalue weighted by molar-refractivity contribution is -0.168. The fourth-order valence-electron chi connectivity index (χ4n) is 3.61. The number of likely N-dealkylation sites (tertiary alicyclic amines) is 1. The molecule has 0 aromatic heterocycles. The topological polar surface area (TPSA) is 76.1 Å². The predicted molar refractivity (Wildman–Crippen MR) is 91.3 cm³/mol. The van der Waals surface area contributed by atoms with Gasteiger partial charge in [-0.1, -0.05) is 24.6 Å². The van der Waals surface area contributed by atoms with Gasteiger partial charge in [-0.3, -0.25) is 9.59 Å². The molecule has 3 rings (SSSR count). The van der Waals surface area contributed by atoms with Crippen molar-refractivity contribution in [3.05, 3.63) is 29.8 Å². The first-order valence-electron chi connectivity index (χ1n) is 8.83. The molecule has 6 heteroatoms. The average molecular weight is 347 g/mol. The molecule has 0 bridgehead atoms. The summed E-state index contributed by atoms with van der Waals surface area (Å²) >= 11 is 0. The van der Waals surface area contributed by atoms with Gasteiger partial charge >= 0.3 is 5.97 Å². The lowest BCUT2D eigenvalue weighted by Gasteiger charge is -2.42. The summed E-state index contributed by atoms with van der Waals surface area (Å²) in [7, 11) is 1.64. The number of methoxy groups -OCH3 is 1. The molecule has 0 spiro atoms. The van der Waals surface area contributed by atoms with Gasteiger partial charge in [-0.25, -0.2) is 0 Å². The van der Waals surface area contributed by atoms with Crippen molar-refractivity contribution in [1.82, 2.24) is 4.90 Å². The Labute approximate surface area is 147 Å². The maximum atomic E-state index is 12.6. The van der Waals surface area contributed by atoms with Crippen molar-refractivity contribution in [3.8, 4) is 5.75 Å². The fourth-order valence-corrected chi connectivity index (χ4v) is 3.61. The van der Waals surface area contributed by atoms with Crippen LogP contribution < -0.4 is 4.74 Å². The Hall–Kier alpha value is -2.08. The molecule has 1 saturated carbocycles. The Bertz CT molecular complexity index is 632. The number of carbonyl (C=O) groups excluding carboxylic acids is 1. The molecule has 25 heavy (non-hydrogen) atoms. The highest BCUT2D eigenvalue weighted by Gasteiger charge is 2.53. The molecular formula is C19H25NO5. The van der Waals surface area contributed by atoms with Gasteiger partial charge in [0, 0.05) is 18.7 Å². The molecule has 0 unspecified atom stereocenters. The summed E-state index contributed by atoms with van der Waals surface area (Å²) in [6.07, 6.45) is 3.29. The zero-order valence-corrected chi connectivity index (χ0v) is 14.6. The molecule has 1 amide bonds. The normalized spacial score (nSPS) is 20.0. The number of amides is 1. The summed E-state index contributed by atoms with van der Waals surface area (Å²) in [5.41, 5.74) is -0.159. The fraction of sp³-hybridized carbons (Fsp3) is 0.579. The first-order valence-corrected chi connectivity index (χ1v) is 8.83. The first-order chi connectivity index (χ1) is 12.1. The van der Waals surface area contributed by atoms with Crippen LogP contribution in [0.3, 0.4) is 0 Å². The lowest BCUT2D eigenvalue weighted by Crippen LogP contribution is -2.54. The van der Waals surface area contributed by atoms with E-state index in [0.29, 0.717) is 32.5 Å². The third kappa shape index (κ3) is 3.49. The number of carbonyl (C=O) groups is 2. The summed E-state index contributed by atoms with van der Waals surface area (Å²) < 4.78 is 11.3. The van der Waals surface area contributed by atoms with Gasteiger partial charge in [0.1, 0.15) is 11.2 Å². The molecule has 136 valence electrons. The third-order valence-corrected chi connectivity index (χ3v) is 5.42. The molecule has 1 aromatic rings. The van der Waals surface area contributed by atoms with Crippen LogP contribution >= 0.6 is 0 Å². The van der Waals surface area contributed by atoms with Crippen molar-refractivity contribution in [1.29, 1.82) is 0 Å². The van der Waals surface area contributed by atoms with Crippen molar-refractivity contribution in [3.63, 3.8) is 0 Å². The Morgan fingerprint density at radius 1 is 1.24 bits per heavy atom. The van der Waals surface area contributed by atoms with E-state index in [2.05, 4.69) is 0 Å². The van der Waals surface area contributed by atoms with Crippen molar-refractivity contribution in [2.24, 2.45) is 5.41 Å². The van der Waals surface area contributed by atoms with Crippen LogP contribution in [0.4, 0.5) is 0 Å². The minimum atomic E-state index is -1.16. The molecular weight excluding hydrogens is 322 g/mol.